The van der Waals surface area contributed by atoms with E-state index < -0.39 is 0 Å². The SMILES string of the molecule is C=CC(=O)OCCC1CCC(C2CCC(=O)CC2)CC1. The van der Waals surface area contributed by atoms with Gasteiger partial charge in [-0.25, -0.2) is 4.79 Å². The van der Waals surface area contributed by atoms with Crippen molar-refractivity contribution < 1.29 is 14.3 Å². The minimum absolute atomic E-state index is 0.314. The number of rotatable bonds is 5. The lowest BCUT2D eigenvalue weighted by Gasteiger charge is -2.35. The molecule has 0 spiro atoms. The van der Waals surface area contributed by atoms with E-state index in [-0.39, 0.29) is 5.97 Å². The molecule has 0 amide bonds. The molecule has 0 aromatic carbocycles. The Balaban J connectivity index is 1.63. The number of ketones is 1. The van der Waals surface area contributed by atoms with Gasteiger partial charge in [0.15, 0.2) is 0 Å². The number of hydrogen-bond acceptors (Lipinski definition) is 3. The number of carbonyl (C=O) groups excluding carboxylic acids is 2. The van der Waals surface area contributed by atoms with Gasteiger partial charge >= 0.3 is 5.97 Å². The molecule has 2 fully saturated rings. The molecule has 0 N–H and O–H groups in total. The molecule has 0 heterocycles. The Hall–Kier alpha value is -1.12. The fourth-order valence-corrected chi connectivity index (χ4v) is 3.77. The van der Waals surface area contributed by atoms with Crippen molar-refractivity contribution in [3.8, 4) is 0 Å². The zero-order valence-electron chi connectivity index (χ0n) is 12.3. The number of esters is 1. The van der Waals surface area contributed by atoms with Crippen molar-refractivity contribution in [2.75, 3.05) is 6.61 Å². The predicted molar refractivity (Wildman–Crippen MR) is 78.2 cm³/mol. The van der Waals surface area contributed by atoms with Crippen LogP contribution in [0.15, 0.2) is 12.7 Å². The average molecular weight is 278 g/mol. The molecule has 0 aliphatic heterocycles. The molecule has 2 aliphatic rings. The Morgan fingerprint density at radius 2 is 1.70 bits per heavy atom. The molecule has 2 aliphatic carbocycles. The van der Waals surface area contributed by atoms with Crippen LogP contribution in [0, 0.1) is 17.8 Å². The van der Waals surface area contributed by atoms with Crippen LogP contribution < -0.4 is 0 Å². The Morgan fingerprint density at radius 1 is 1.10 bits per heavy atom. The van der Waals surface area contributed by atoms with E-state index in [1.165, 1.54) is 31.8 Å². The van der Waals surface area contributed by atoms with Gasteiger partial charge in [0.1, 0.15) is 5.78 Å². The Labute approximate surface area is 121 Å². The van der Waals surface area contributed by atoms with Crippen LogP contribution in [0.25, 0.3) is 0 Å². The van der Waals surface area contributed by atoms with Crippen LogP contribution in [0.5, 0.6) is 0 Å². The van der Waals surface area contributed by atoms with Gasteiger partial charge in [0.2, 0.25) is 0 Å². The third-order valence-corrected chi connectivity index (χ3v) is 5.08. The van der Waals surface area contributed by atoms with Gasteiger partial charge in [-0.05, 0) is 49.9 Å². The van der Waals surface area contributed by atoms with Crippen molar-refractivity contribution in [3.05, 3.63) is 12.7 Å². The van der Waals surface area contributed by atoms with Crippen LogP contribution in [-0.4, -0.2) is 18.4 Å². The van der Waals surface area contributed by atoms with Crippen molar-refractivity contribution in [1.82, 2.24) is 0 Å². The number of carbonyl (C=O) groups is 2. The van der Waals surface area contributed by atoms with Gasteiger partial charge in [0, 0.05) is 18.9 Å². The fourth-order valence-electron chi connectivity index (χ4n) is 3.77. The summed E-state index contributed by atoms with van der Waals surface area (Å²) >= 11 is 0. The first-order chi connectivity index (χ1) is 9.69. The van der Waals surface area contributed by atoms with Gasteiger partial charge in [0.05, 0.1) is 6.61 Å². The lowest BCUT2D eigenvalue weighted by molar-refractivity contribution is -0.138. The molecule has 2 saturated carbocycles. The second kappa shape index (κ2) is 7.61. The van der Waals surface area contributed by atoms with Crippen LogP contribution in [0.1, 0.15) is 57.8 Å². The van der Waals surface area contributed by atoms with E-state index in [2.05, 4.69) is 6.58 Å². The fraction of sp³-hybridized carbons (Fsp3) is 0.765. The van der Waals surface area contributed by atoms with Crippen molar-refractivity contribution in [1.29, 1.82) is 0 Å². The van der Waals surface area contributed by atoms with Gasteiger partial charge in [-0.3, -0.25) is 4.79 Å². The molecule has 0 aromatic rings. The average Bonchev–Trinajstić information content (AvgIpc) is 2.48. The van der Waals surface area contributed by atoms with Crippen molar-refractivity contribution in [2.24, 2.45) is 17.8 Å². The minimum Gasteiger partial charge on any atom is -0.463 e. The zero-order valence-corrected chi connectivity index (χ0v) is 12.3. The monoisotopic (exact) mass is 278 g/mol. The highest BCUT2D eigenvalue weighted by Crippen LogP contribution is 2.40. The first kappa shape index (κ1) is 15.3. The van der Waals surface area contributed by atoms with Gasteiger partial charge < -0.3 is 4.74 Å². The second-order valence-corrected chi connectivity index (χ2v) is 6.32. The van der Waals surface area contributed by atoms with E-state index in [4.69, 9.17) is 4.74 Å². The van der Waals surface area contributed by atoms with Gasteiger partial charge in [-0.15, -0.1) is 0 Å². The summed E-state index contributed by atoms with van der Waals surface area (Å²) in [5.41, 5.74) is 0. The maximum absolute atomic E-state index is 11.3. The summed E-state index contributed by atoms with van der Waals surface area (Å²) in [7, 11) is 0. The zero-order chi connectivity index (χ0) is 14.4. The molecular weight excluding hydrogens is 252 g/mol. The highest BCUT2D eigenvalue weighted by atomic mass is 16.5. The highest BCUT2D eigenvalue weighted by molar-refractivity contribution is 5.81. The number of hydrogen-bond donors (Lipinski definition) is 0. The smallest absolute Gasteiger partial charge is 0.330 e. The van der Waals surface area contributed by atoms with E-state index in [0.717, 1.165) is 43.9 Å². The predicted octanol–water partition coefficient (Wildman–Crippen LogP) is 3.67. The summed E-state index contributed by atoms with van der Waals surface area (Å²) < 4.78 is 5.05. The standard InChI is InChI=1S/C17H26O3/c1-2-17(19)20-12-11-13-3-5-14(6-4-13)15-7-9-16(18)10-8-15/h2,13-15H,1,3-12H2. The van der Waals surface area contributed by atoms with Gasteiger partial charge in [0.25, 0.3) is 0 Å². The van der Waals surface area contributed by atoms with E-state index >= 15 is 0 Å². The van der Waals surface area contributed by atoms with E-state index in [0.29, 0.717) is 18.3 Å². The second-order valence-electron chi connectivity index (χ2n) is 6.32. The van der Waals surface area contributed by atoms with E-state index in [1.54, 1.807) is 0 Å². The lowest BCUT2D eigenvalue weighted by Crippen LogP contribution is -2.26. The van der Waals surface area contributed by atoms with Crippen LogP contribution >= 0.6 is 0 Å². The van der Waals surface area contributed by atoms with E-state index in [9.17, 15) is 9.59 Å². The van der Waals surface area contributed by atoms with Crippen molar-refractivity contribution >= 4 is 11.8 Å². The Kier molecular flexibility index (Phi) is 5.81. The molecule has 3 heteroatoms. The van der Waals surface area contributed by atoms with Crippen molar-refractivity contribution in [3.63, 3.8) is 0 Å². The van der Waals surface area contributed by atoms with Gasteiger partial charge in [-0.1, -0.05) is 19.4 Å². The van der Waals surface area contributed by atoms with Gasteiger partial charge in [-0.2, -0.15) is 0 Å². The van der Waals surface area contributed by atoms with Crippen molar-refractivity contribution in [2.45, 2.75) is 57.8 Å². The molecule has 0 atom stereocenters. The summed E-state index contributed by atoms with van der Waals surface area (Å²) in [4.78, 5) is 22.3. The quantitative estimate of drug-likeness (QED) is 0.569. The number of ether oxygens (including phenoxy) is 1. The summed E-state index contributed by atoms with van der Waals surface area (Å²) in [5, 5.41) is 0. The largest absolute Gasteiger partial charge is 0.463 e. The summed E-state index contributed by atoms with van der Waals surface area (Å²) in [6, 6.07) is 0. The molecule has 20 heavy (non-hydrogen) atoms. The molecule has 0 radical (unpaired) electrons. The summed E-state index contributed by atoms with van der Waals surface area (Å²) in [6.07, 6.45) is 11.1. The maximum Gasteiger partial charge on any atom is 0.330 e. The molecular formula is C17H26O3. The van der Waals surface area contributed by atoms with E-state index in [1.807, 2.05) is 0 Å². The minimum atomic E-state index is -0.314. The number of Topliss-reactive ketones (excluding diaryl/α,β-unsaturated/α-hetero) is 1. The first-order valence-corrected chi connectivity index (χ1v) is 8.00. The topological polar surface area (TPSA) is 43.4 Å². The highest BCUT2D eigenvalue weighted by Gasteiger charge is 2.30. The molecule has 0 unspecified atom stereocenters. The lowest BCUT2D eigenvalue weighted by atomic mass is 9.70. The van der Waals surface area contributed by atoms with Crippen LogP contribution in [0.4, 0.5) is 0 Å². The summed E-state index contributed by atoms with van der Waals surface area (Å²) in [5.74, 6) is 2.46. The summed E-state index contributed by atoms with van der Waals surface area (Å²) in [6.45, 7) is 3.92. The molecule has 112 valence electrons. The van der Waals surface area contributed by atoms with Crippen LogP contribution in [0.2, 0.25) is 0 Å². The Morgan fingerprint density at radius 3 is 2.30 bits per heavy atom. The maximum atomic E-state index is 11.3. The third-order valence-electron chi connectivity index (χ3n) is 5.08. The Bertz CT molecular complexity index is 343. The molecule has 0 saturated heterocycles. The normalized spacial score (nSPS) is 28.1. The molecule has 2 rings (SSSR count). The third kappa shape index (κ3) is 4.46. The molecule has 0 bridgehead atoms. The molecule has 3 nitrogen and oxygen atoms in total. The molecule has 0 aromatic heterocycles. The van der Waals surface area contributed by atoms with Crippen LogP contribution in [-0.2, 0) is 14.3 Å². The first-order valence-electron chi connectivity index (χ1n) is 8.00. The van der Waals surface area contributed by atoms with Crippen LogP contribution in [0.3, 0.4) is 0 Å².